The number of hydrogen-bond acceptors (Lipinski definition) is 10. The lowest BCUT2D eigenvalue weighted by Crippen LogP contribution is -2.57. The van der Waals surface area contributed by atoms with Crippen molar-refractivity contribution in [3.8, 4) is 0 Å². The molecule has 0 bridgehead atoms. The zero-order valence-corrected chi connectivity index (χ0v) is 30.1. The van der Waals surface area contributed by atoms with Gasteiger partial charge >= 0.3 is 5.97 Å². The maximum Gasteiger partial charge on any atom is 0.305 e. The zero-order valence-electron chi connectivity index (χ0n) is 30.1. The fourth-order valence-corrected chi connectivity index (χ4v) is 5.50. The van der Waals surface area contributed by atoms with Gasteiger partial charge < -0.3 is 53.4 Å². The van der Waals surface area contributed by atoms with Crippen molar-refractivity contribution in [2.75, 3.05) is 19.6 Å². The average Bonchev–Trinajstić information content (AvgIpc) is 3.60. The van der Waals surface area contributed by atoms with Crippen LogP contribution in [0.1, 0.15) is 64.9 Å². The van der Waals surface area contributed by atoms with Gasteiger partial charge in [0.25, 0.3) is 0 Å². The maximum atomic E-state index is 13.3. The highest BCUT2D eigenvalue weighted by molar-refractivity contribution is 5.97. The van der Waals surface area contributed by atoms with E-state index >= 15 is 0 Å². The first kappa shape index (κ1) is 43.6. The van der Waals surface area contributed by atoms with E-state index in [-0.39, 0.29) is 25.8 Å². The Balaban J connectivity index is 2.04. The molecule has 0 aromatic heterocycles. The first-order chi connectivity index (χ1) is 25.0. The number of unbranched alkanes of at least 4 members (excludes halogenated alkanes) is 1. The predicted molar refractivity (Wildman–Crippen MR) is 189 cm³/mol. The van der Waals surface area contributed by atoms with Crippen molar-refractivity contribution in [2.24, 2.45) is 11.5 Å². The standard InChI is InChI=1S/C34H51N9O10/c1-19(29(36)48)38-32(51)25(17-28(46)47)42-30(49)20(2)39-34(53)26-13-9-15-43(26)27(45)18-37-31(50)23(12-7-8-14-35)41-33(52)24(40-21(3)44)16-22-10-5-4-6-11-22/h4-6,10-11,19-20,23-26H,7-9,12-18,35H2,1-3H3,(H2,36,48)(H,37,50)(H,38,51)(H,39,53)(H,40,44)(H,41,52)(H,42,49)(H,46,47)/t19-,20+,23+,24+,25+,26-/m1/s1. The van der Waals surface area contributed by atoms with Crippen LogP contribution in [-0.2, 0) is 49.6 Å². The van der Waals surface area contributed by atoms with Crippen LogP contribution >= 0.6 is 0 Å². The second kappa shape index (κ2) is 21.7. The Morgan fingerprint density at radius 1 is 0.811 bits per heavy atom. The Morgan fingerprint density at radius 3 is 2.06 bits per heavy atom. The van der Waals surface area contributed by atoms with E-state index in [1.165, 1.54) is 25.7 Å². The Morgan fingerprint density at radius 2 is 1.45 bits per heavy atom. The Kier molecular flexibility index (Phi) is 17.8. The molecular formula is C34H51N9O10. The second-order valence-electron chi connectivity index (χ2n) is 12.8. The summed E-state index contributed by atoms with van der Waals surface area (Å²) in [6.07, 6.45) is 1.31. The number of nitrogens with one attached hydrogen (secondary N) is 6. The SMILES string of the molecule is CC(=O)N[C@@H](Cc1ccccc1)C(=O)N[C@@H](CCCCN)C(=O)NCC(=O)N1CCC[C@@H]1C(=O)N[C@@H](C)C(=O)N[C@@H](CC(=O)O)C(=O)N[C@H](C)C(N)=O. The number of likely N-dealkylation sites (tertiary alicyclic amines) is 1. The Labute approximate surface area is 307 Å². The molecule has 11 N–H and O–H groups in total. The van der Waals surface area contributed by atoms with E-state index < -0.39 is 102 Å². The van der Waals surface area contributed by atoms with Crippen LogP contribution in [0.4, 0.5) is 0 Å². The monoisotopic (exact) mass is 745 g/mol. The summed E-state index contributed by atoms with van der Waals surface area (Å²) in [7, 11) is 0. The molecule has 8 amide bonds. The number of nitrogens with two attached hydrogens (primary N) is 2. The van der Waals surface area contributed by atoms with Gasteiger partial charge in [-0.15, -0.1) is 0 Å². The summed E-state index contributed by atoms with van der Waals surface area (Å²) >= 11 is 0. The summed E-state index contributed by atoms with van der Waals surface area (Å²) in [5.41, 5.74) is 11.5. The van der Waals surface area contributed by atoms with Crippen molar-refractivity contribution in [1.29, 1.82) is 0 Å². The minimum atomic E-state index is -1.58. The number of amides is 8. The molecule has 6 atom stereocenters. The first-order valence-corrected chi connectivity index (χ1v) is 17.3. The van der Waals surface area contributed by atoms with Crippen molar-refractivity contribution < 1.29 is 48.3 Å². The molecule has 1 heterocycles. The van der Waals surface area contributed by atoms with Gasteiger partial charge in [0, 0.05) is 19.9 Å². The molecule has 0 spiro atoms. The van der Waals surface area contributed by atoms with Gasteiger partial charge in [0.1, 0.15) is 36.3 Å². The van der Waals surface area contributed by atoms with E-state index in [0.29, 0.717) is 25.8 Å². The van der Waals surface area contributed by atoms with E-state index in [0.717, 1.165) is 5.56 Å². The number of nitrogens with zero attached hydrogens (tertiary/aromatic N) is 1. The van der Waals surface area contributed by atoms with Crippen LogP contribution in [-0.4, -0.2) is 119 Å². The van der Waals surface area contributed by atoms with Crippen LogP contribution in [0.3, 0.4) is 0 Å². The predicted octanol–water partition coefficient (Wildman–Crippen LogP) is -3.09. The molecule has 0 radical (unpaired) electrons. The number of hydrogen-bond donors (Lipinski definition) is 9. The van der Waals surface area contributed by atoms with Gasteiger partial charge in [0.15, 0.2) is 0 Å². The molecule has 1 aliphatic heterocycles. The number of aliphatic carboxylic acids is 1. The average molecular weight is 746 g/mol. The summed E-state index contributed by atoms with van der Waals surface area (Å²) in [5, 5.41) is 23.9. The summed E-state index contributed by atoms with van der Waals surface area (Å²) < 4.78 is 0. The van der Waals surface area contributed by atoms with Crippen LogP contribution in [0.15, 0.2) is 30.3 Å². The lowest BCUT2D eigenvalue weighted by molar-refractivity contribution is -0.141. The zero-order chi connectivity index (χ0) is 39.7. The fraction of sp³-hybridized carbons (Fsp3) is 0.559. The molecule has 19 nitrogen and oxygen atoms in total. The third-order valence-electron chi connectivity index (χ3n) is 8.40. The lowest BCUT2D eigenvalue weighted by atomic mass is 10.0. The van der Waals surface area contributed by atoms with Crippen molar-refractivity contribution in [2.45, 2.75) is 102 Å². The fourth-order valence-electron chi connectivity index (χ4n) is 5.50. The topological polar surface area (TPSA) is 301 Å². The molecule has 1 saturated heterocycles. The van der Waals surface area contributed by atoms with Crippen molar-refractivity contribution in [1.82, 2.24) is 36.8 Å². The van der Waals surface area contributed by atoms with Crippen LogP contribution in [0.2, 0.25) is 0 Å². The molecule has 19 heteroatoms. The van der Waals surface area contributed by atoms with Crippen molar-refractivity contribution >= 4 is 53.2 Å². The van der Waals surface area contributed by atoms with Gasteiger partial charge in [0.2, 0.25) is 47.3 Å². The van der Waals surface area contributed by atoms with Crippen LogP contribution in [0.25, 0.3) is 0 Å². The number of benzene rings is 1. The second-order valence-corrected chi connectivity index (χ2v) is 12.8. The van der Waals surface area contributed by atoms with E-state index in [1.54, 1.807) is 24.3 Å². The van der Waals surface area contributed by atoms with Gasteiger partial charge in [-0.3, -0.25) is 43.2 Å². The van der Waals surface area contributed by atoms with E-state index in [9.17, 15) is 48.3 Å². The molecule has 1 aromatic carbocycles. The summed E-state index contributed by atoms with van der Waals surface area (Å²) in [6, 6.07) is 1.99. The highest BCUT2D eigenvalue weighted by Crippen LogP contribution is 2.18. The lowest BCUT2D eigenvalue weighted by Gasteiger charge is -2.27. The number of carbonyl (C=O) groups is 9. The van der Waals surface area contributed by atoms with Gasteiger partial charge in [-0.25, -0.2) is 0 Å². The number of rotatable bonds is 21. The Bertz CT molecular complexity index is 1490. The van der Waals surface area contributed by atoms with Crippen molar-refractivity contribution in [3.05, 3.63) is 35.9 Å². The largest absolute Gasteiger partial charge is 0.481 e. The molecule has 0 unspecified atom stereocenters. The summed E-state index contributed by atoms with van der Waals surface area (Å²) in [6.45, 7) is 3.89. The number of primary amides is 1. The summed E-state index contributed by atoms with van der Waals surface area (Å²) in [5.74, 6) is -7.13. The molecule has 0 aliphatic carbocycles. The minimum Gasteiger partial charge on any atom is -0.481 e. The molecule has 2 rings (SSSR count). The molecule has 53 heavy (non-hydrogen) atoms. The molecular weight excluding hydrogens is 694 g/mol. The molecule has 1 fully saturated rings. The highest BCUT2D eigenvalue weighted by Gasteiger charge is 2.36. The maximum absolute atomic E-state index is 13.3. The first-order valence-electron chi connectivity index (χ1n) is 17.3. The van der Waals surface area contributed by atoms with Crippen LogP contribution in [0.5, 0.6) is 0 Å². The van der Waals surface area contributed by atoms with Gasteiger partial charge in [-0.2, -0.15) is 0 Å². The molecule has 0 saturated carbocycles. The molecule has 292 valence electrons. The Hall–Kier alpha value is -5.59. The third kappa shape index (κ3) is 14.9. The smallest absolute Gasteiger partial charge is 0.305 e. The van der Waals surface area contributed by atoms with E-state index in [2.05, 4.69) is 31.9 Å². The van der Waals surface area contributed by atoms with E-state index in [4.69, 9.17) is 11.5 Å². The number of carboxylic acids is 1. The van der Waals surface area contributed by atoms with Gasteiger partial charge in [-0.1, -0.05) is 30.3 Å². The molecule has 1 aliphatic rings. The normalized spacial score (nSPS) is 16.5. The quantitative estimate of drug-likeness (QED) is 0.0568. The van der Waals surface area contributed by atoms with Crippen LogP contribution < -0.4 is 43.4 Å². The van der Waals surface area contributed by atoms with Gasteiger partial charge in [-0.05, 0) is 58.1 Å². The number of carboxylic acid groups (broad SMARTS) is 1. The summed E-state index contributed by atoms with van der Waals surface area (Å²) in [4.78, 5) is 114. The van der Waals surface area contributed by atoms with Gasteiger partial charge in [0.05, 0.1) is 13.0 Å². The van der Waals surface area contributed by atoms with Crippen LogP contribution in [0, 0.1) is 0 Å². The number of carbonyl (C=O) groups excluding carboxylic acids is 8. The van der Waals surface area contributed by atoms with Crippen molar-refractivity contribution in [3.63, 3.8) is 0 Å². The third-order valence-corrected chi connectivity index (χ3v) is 8.40. The molecule has 1 aromatic rings. The minimum absolute atomic E-state index is 0.176. The highest BCUT2D eigenvalue weighted by atomic mass is 16.4. The van der Waals surface area contributed by atoms with E-state index in [1.807, 2.05) is 6.07 Å².